The van der Waals surface area contributed by atoms with E-state index < -0.39 is 7.12 Å². The van der Waals surface area contributed by atoms with Gasteiger partial charge in [0.1, 0.15) is 5.75 Å². The molecule has 6 nitrogen and oxygen atoms in total. The van der Waals surface area contributed by atoms with E-state index in [9.17, 15) is 14.8 Å². The van der Waals surface area contributed by atoms with Gasteiger partial charge in [0.05, 0.1) is 19.3 Å². The summed E-state index contributed by atoms with van der Waals surface area (Å²) in [6.07, 6.45) is 0. The minimum absolute atomic E-state index is 0.211. The van der Waals surface area contributed by atoms with Crippen LogP contribution in [0.25, 0.3) is 0 Å². The van der Waals surface area contributed by atoms with Crippen molar-refractivity contribution in [1.82, 2.24) is 9.78 Å². The zero-order valence-corrected chi connectivity index (χ0v) is 11.3. The lowest BCUT2D eigenvalue weighted by atomic mass is 9.78. The first-order chi connectivity index (χ1) is 9.51. The lowest BCUT2D eigenvalue weighted by molar-refractivity contribution is 0.403. The monoisotopic (exact) mass is 274 g/mol. The Kier molecular flexibility index (Phi) is 4.21. The van der Waals surface area contributed by atoms with Crippen LogP contribution in [0.2, 0.25) is 0 Å². The third-order valence-electron chi connectivity index (χ3n) is 2.90. The lowest BCUT2D eigenvalue weighted by Gasteiger charge is -2.11. The highest BCUT2D eigenvalue weighted by molar-refractivity contribution is 6.59. The Hall–Kier alpha value is -2.12. The van der Waals surface area contributed by atoms with E-state index in [1.54, 1.807) is 31.2 Å². The summed E-state index contributed by atoms with van der Waals surface area (Å²) in [7, 11) is -0.180. The molecule has 7 heteroatoms. The van der Waals surface area contributed by atoms with E-state index >= 15 is 0 Å². The van der Waals surface area contributed by atoms with Gasteiger partial charge in [-0.2, -0.15) is 5.10 Å². The van der Waals surface area contributed by atoms with Crippen molar-refractivity contribution in [2.24, 2.45) is 0 Å². The van der Waals surface area contributed by atoms with Crippen molar-refractivity contribution in [3.8, 4) is 5.75 Å². The molecule has 0 saturated heterocycles. The number of hydrogen-bond donors (Lipinski definition) is 2. The van der Waals surface area contributed by atoms with Gasteiger partial charge in [0.25, 0.3) is 5.56 Å². The van der Waals surface area contributed by atoms with Crippen molar-refractivity contribution in [1.29, 1.82) is 0 Å². The molecule has 0 bridgehead atoms. The average Bonchev–Trinajstić information content (AvgIpc) is 2.42. The molecule has 2 rings (SSSR count). The summed E-state index contributed by atoms with van der Waals surface area (Å²) in [5.41, 5.74) is 1.51. The Morgan fingerprint density at radius 1 is 1.30 bits per heavy atom. The molecule has 0 spiro atoms. The summed E-state index contributed by atoms with van der Waals surface area (Å²) in [6.45, 7) is 2.05. The summed E-state index contributed by atoms with van der Waals surface area (Å²) >= 11 is 0. The van der Waals surface area contributed by atoms with Gasteiger partial charge in [-0.25, -0.2) is 4.68 Å². The van der Waals surface area contributed by atoms with Crippen LogP contribution in [0, 0.1) is 6.92 Å². The molecule has 2 N–H and O–H groups in total. The Morgan fingerprint density at radius 2 is 2.05 bits per heavy atom. The minimum Gasteiger partial charge on any atom is -0.497 e. The molecule has 0 unspecified atom stereocenters. The molecule has 2 aromatic rings. The average molecular weight is 274 g/mol. The molecule has 1 aromatic carbocycles. The Balaban J connectivity index is 2.37. The molecule has 104 valence electrons. The maximum atomic E-state index is 11.7. The maximum absolute atomic E-state index is 11.7. The predicted octanol–water partition coefficient (Wildman–Crippen LogP) is -0.712. The van der Waals surface area contributed by atoms with Gasteiger partial charge in [0, 0.05) is 11.5 Å². The van der Waals surface area contributed by atoms with Gasteiger partial charge in [0.15, 0.2) is 0 Å². The highest BCUT2D eigenvalue weighted by Gasteiger charge is 2.17. The molecule has 0 fully saturated rings. The number of hydrogen-bond acceptors (Lipinski definition) is 5. The van der Waals surface area contributed by atoms with Crippen LogP contribution in [0.4, 0.5) is 0 Å². The molecule has 0 saturated carbocycles. The zero-order chi connectivity index (χ0) is 14.7. The zero-order valence-electron chi connectivity index (χ0n) is 11.3. The van der Waals surface area contributed by atoms with Gasteiger partial charge in [-0.1, -0.05) is 12.1 Å². The van der Waals surface area contributed by atoms with E-state index in [1.807, 2.05) is 0 Å². The fourth-order valence-corrected chi connectivity index (χ4v) is 1.92. The van der Waals surface area contributed by atoms with E-state index in [0.29, 0.717) is 5.75 Å². The first kappa shape index (κ1) is 14.3. The third kappa shape index (κ3) is 3.07. The highest BCUT2D eigenvalue weighted by atomic mass is 16.5. The van der Waals surface area contributed by atoms with Crippen LogP contribution in [0.15, 0.2) is 35.1 Å². The van der Waals surface area contributed by atoms with Gasteiger partial charge in [-0.05, 0) is 24.6 Å². The molecular weight excluding hydrogens is 259 g/mol. The smallest absolute Gasteiger partial charge is 0.492 e. The molecule has 0 amide bonds. The topological polar surface area (TPSA) is 84.6 Å². The molecule has 0 aliphatic carbocycles. The number of benzene rings is 1. The fourth-order valence-electron chi connectivity index (χ4n) is 1.92. The van der Waals surface area contributed by atoms with E-state index in [1.165, 1.54) is 17.9 Å². The number of aryl methyl sites for hydroxylation is 1. The van der Waals surface area contributed by atoms with Gasteiger partial charge < -0.3 is 14.8 Å². The number of aromatic nitrogens is 2. The van der Waals surface area contributed by atoms with Crippen molar-refractivity contribution in [3.05, 3.63) is 51.9 Å². The van der Waals surface area contributed by atoms with Crippen molar-refractivity contribution < 1.29 is 14.8 Å². The summed E-state index contributed by atoms with van der Waals surface area (Å²) < 4.78 is 6.37. The van der Waals surface area contributed by atoms with Crippen molar-refractivity contribution in [3.63, 3.8) is 0 Å². The van der Waals surface area contributed by atoms with Crippen LogP contribution in [-0.4, -0.2) is 34.1 Å². The summed E-state index contributed by atoms with van der Waals surface area (Å²) in [6, 6.07) is 8.06. The Morgan fingerprint density at radius 3 is 2.70 bits per heavy atom. The number of nitrogens with zero attached hydrogens (tertiary/aromatic N) is 2. The molecule has 20 heavy (non-hydrogen) atoms. The predicted molar refractivity (Wildman–Crippen MR) is 75.2 cm³/mol. The normalized spacial score (nSPS) is 10.4. The van der Waals surface area contributed by atoms with Gasteiger partial charge in [0.2, 0.25) is 0 Å². The van der Waals surface area contributed by atoms with E-state index in [2.05, 4.69) is 5.10 Å². The molecule has 0 aliphatic heterocycles. The largest absolute Gasteiger partial charge is 0.497 e. The first-order valence-electron chi connectivity index (χ1n) is 6.09. The quantitative estimate of drug-likeness (QED) is 0.719. The molecule has 1 aromatic heterocycles. The fraction of sp³-hybridized carbons (Fsp3) is 0.231. The van der Waals surface area contributed by atoms with Crippen LogP contribution < -0.4 is 15.8 Å². The second-order valence-corrected chi connectivity index (χ2v) is 4.42. The SMILES string of the molecule is COc1ccc(Cn2nc(C)ccc2=O)cc1B(O)O. The van der Waals surface area contributed by atoms with Gasteiger partial charge in [-0.3, -0.25) is 4.79 Å². The van der Waals surface area contributed by atoms with Gasteiger partial charge in [-0.15, -0.1) is 0 Å². The third-order valence-corrected chi connectivity index (χ3v) is 2.90. The molecule has 1 heterocycles. The number of methoxy groups -OCH3 is 1. The maximum Gasteiger partial charge on any atom is 0.492 e. The Labute approximate surface area is 116 Å². The first-order valence-corrected chi connectivity index (χ1v) is 6.09. The Bertz CT molecular complexity index is 670. The minimum atomic E-state index is -1.63. The van der Waals surface area contributed by atoms with E-state index in [4.69, 9.17) is 4.74 Å². The van der Waals surface area contributed by atoms with Crippen LogP contribution in [0.3, 0.4) is 0 Å². The van der Waals surface area contributed by atoms with Crippen LogP contribution >= 0.6 is 0 Å². The van der Waals surface area contributed by atoms with Crippen LogP contribution in [0.1, 0.15) is 11.3 Å². The highest BCUT2D eigenvalue weighted by Crippen LogP contribution is 2.10. The molecular formula is C13H15BN2O4. The summed E-state index contributed by atoms with van der Waals surface area (Å²) in [4.78, 5) is 11.7. The summed E-state index contributed by atoms with van der Waals surface area (Å²) in [5.74, 6) is 0.383. The molecule has 0 radical (unpaired) electrons. The summed E-state index contributed by atoms with van der Waals surface area (Å²) in [5, 5.41) is 22.8. The lowest BCUT2D eigenvalue weighted by Crippen LogP contribution is -2.32. The molecule has 0 atom stereocenters. The standard InChI is InChI=1S/C13H15BN2O4/c1-9-3-6-13(17)16(15-9)8-10-4-5-12(20-2)11(7-10)14(18)19/h3-7,18-19H,8H2,1-2H3. The van der Waals surface area contributed by atoms with Crippen LogP contribution in [-0.2, 0) is 6.54 Å². The van der Waals surface area contributed by atoms with Crippen molar-refractivity contribution >= 4 is 12.6 Å². The van der Waals surface area contributed by atoms with Crippen LogP contribution in [0.5, 0.6) is 5.75 Å². The second kappa shape index (κ2) is 5.89. The number of ether oxygens (including phenoxy) is 1. The van der Waals surface area contributed by atoms with Crippen molar-refractivity contribution in [2.45, 2.75) is 13.5 Å². The molecule has 0 aliphatic rings. The van der Waals surface area contributed by atoms with Gasteiger partial charge >= 0.3 is 7.12 Å². The second-order valence-electron chi connectivity index (χ2n) is 4.42. The van der Waals surface area contributed by atoms with Crippen molar-refractivity contribution in [2.75, 3.05) is 7.11 Å². The van der Waals surface area contributed by atoms with E-state index in [0.717, 1.165) is 11.3 Å². The van der Waals surface area contributed by atoms with E-state index in [-0.39, 0.29) is 17.6 Å². The number of rotatable bonds is 4.